The van der Waals surface area contributed by atoms with Crippen LogP contribution in [0.4, 0.5) is 5.69 Å². The number of morpholine rings is 1. The fourth-order valence-corrected chi connectivity index (χ4v) is 7.14. The molecule has 0 aliphatic carbocycles. The van der Waals surface area contributed by atoms with E-state index in [-0.39, 0.29) is 16.7 Å². The first kappa shape index (κ1) is 34.9. The largest absolute Gasteiger partial charge is 0.379 e. The van der Waals surface area contributed by atoms with Crippen molar-refractivity contribution in [3.63, 3.8) is 0 Å². The quantitative estimate of drug-likeness (QED) is 0.105. The van der Waals surface area contributed by atoms with E-state index in [1.54, 1.807) is 0 Å². The Labute approximate surface area is 253 Å². The number of nitro groups is 1. The average Bonchev–Trinajstić information content (AvgIpc) is 3.27. The molecule has 2 heterocycles. The first-order valence-electron chi connectivity index (χ1n) is 16.0. The first-order chi connectivity index (χ1) is 20.1. The number of nitro benzene ring substituents is 1. The van der Waals surface area contributed by atoms with Gasteiger partial charge in [-0.3, -0.25) is 15.0 Å². The van der Waals surface area contributed by atoms with Gasteiger partial charge >= 0.3 is 0 Å². The van der Waals surface area contributed by atoms with E-state index >= 15 is 0 Å². The molecule has 1 aromatic rings. The van der Waals surface area contributed by atoms with Gasteiger partial charge in [-0.25, -0.2) is 13.1 Å². The normalized spacial score (nSPS) is 21.9. The van der Waals surface area contributed by atoms with E-state index in [1.807, 2.05) is 13.8 Å². The molecule has 1 aromatic carbocycles. The van der Waals surface area contributed by atoms with E-state index in [1.165, 1.54) is 88.5 Å². The van der Waals surface area contributed by atoms with Crippen molar-refractivity contribution in [1.82, 2.24) is 9.62 Å². The van der Waals surface area contributed by atoms with Crippen LogP contribution >= 0.6 is 0 Å². The van der Waals surface area contributed by atoms with Gasteiger partial charge in [-0.15, -0.1) is 0 Å². The standard InChI is InChI=1S/C31H53N3O7S/c1-4-5-6-7-8-9-10-11-12-13-14-15-16-29-30(41-31(2,3)40-29)28(25-33-21-23-39-24-22-33)32-42(37,38)27-19-17-26(18-20-27)34(35)36/h17-20,28-30,32H,4-16,21-25H2,1-3H3/t28-,29+,30-/m0/s1. The summed E-state index contributed by atoms with van der Waals surface area (Å²) in [7, 11) is -3.96. The second-order valence-corrected chi connectivity index (χ2v) is 13.9. The number of nitrogens with one attached hydrogen (secondary N) is 1. The lowest BCUT2D eigenvalue weighted by Crippen LogP contribution is -2.55. The molecular weight excluding hydrogens is 558 g/mol. The molecule has 2 fully saturated rings. The molecule has 42 heavy (non-hydrogen) atoms. The van der Waals surface area contributed by atoms with E-state index in [0.29, 0.717) is 32.8 Å². The predicted octanol–water partition coefficient (Wildman–Crippen LogP) is 6.19. The maximum atomic E-state index is 13.4. The van der Waals surface area contributed by atoms with Crippen LogP contribution in [0.15, 0.2) is 29.2 Å². The van der Waals surface area contributed by atoms with Gasteiger partial charge in [-0.05, 0) is 32.4 Å². The van der Waals surface area contributed by atoms with Crippen LogP contribution in [0.1, 0.15) is 104 Å². The number of rotatable bonds is 20. The SMILES string of the molecule is CCCCCCCCCCCCCC[C@H]1OC(C)(C)O[C@H]1[C@H](CN1CCOCC1)NS(=O)(=O)c1ccc([N+](=O)[O-])cc1. The molecule has 0 saturated carbocycles. The van der Waals surface area contributed by atoms with Crippen molar-refractivity contribution in [3.8, 4) is 0 Å². The van der Waals surface area contributed by atoms with Gasteiger partial charge in [-0.1, -0.05) is 84.0 Å². The Morgan fingerprint density at radius 1 is 0.929 bits per heavy atom. The monoisotopic (exact) mass is 611 g/mol. The van der Waals surface area contributed by atoms with E-state index in [9.17, 15) is 18.5 Å². The molecule has 0 bridgehead atoms. The lowest BCUT2D eigenvalue weighted by atomic mass is 9.99. The highest BCUT2D eigenvalue weighted by molar-refractivity contribution is 7.89. The highest BCUT2D eigenvalue weighted by Crippen LogP contribution is 2.34. The zero-order valence-electron chi connectivity index (χ0n) is 25.9. The Bertz CT molecular complexity index is 1030. The topological polar surface area (TPSA) is 120 Å². The number of ether oxygens (including phenoxy) is 3. The zero-order valence-corrected chi connectivity index (χ0v) is 26.7. The molecule has 2 aliphatic rings. The Morgan fingerprint density at radius 2 is 1.48 bits per heavy atom. The minimum Gasteiger partial charge on any atom is -0.379 e. The summed E-state index contributed by atoms with van der Waals surface area (Å²) >= 11 is 0. The lowest BCUT2D eigenvalue weighted by Gasteiger charge is -2.34. The highest BCUT2D eigenvalue weighted by atomic mass is 32.2. The molecule has 0 radical (unpaired) electrons. The summed E-state index contributed by atoms with van der Waals surface area (Å²) in [6.07, 6.45) is 15.3. The van der Waals surface area contributed by atoms with E-state index in [4.69, 9.17) is 14.2 Å². The maximum absolute atomic E-state index is 13.4. The first-order valence-corrected chi connectivity index (χ1v) is 17.5. The third-order valence-corrected chi connectivity index (χ3v) is 9.69. The van der Waals surface area contributed by atoms with Gasteiger partial charge in [0.2, 0.25) is 10.0 Å². The molecule has 240 valence electrons. The van der Waals surface area contributed by atoms with Crippen LogP contribution in [-0.2, 0) is 24.2 Å². The zero-order chi connectivity index (χ0) is 30.4. The van der Waals surface area contributed by atoms with Crippen molar-refractivity contribution < 1.29 is 27.6 Å². The summed E-state index contributed by atoms with van der Waals surface area (Å²) in [4.78, 5) is 12.7. The fourth-order valence-electron chi connectivity index (χ4n) is 5.90. The van der Waals surface area contributed by atoms with E-state index in [0.717, 1.165) is 19.3 Å². The number of hydrogen-bond acceptors (Lipinski definition) is 8. The molecule has 3 atom stereocenters. The molecule has 2 aliphatic heterocycles. The molecule has 0 aromatic heterocycles. The predicted molar refractivity (Wildman–Crippen MR) is 164 cm³/mol. The van der Waals surface area contributed by atoms with Crippen LogP contribution in [-0.4, -0.2) is 75.1 Å². The van der Waals surface area contributed by atoms with Crippen LogP contribution in [0, 0.1) is 10.1 Å². The van der Waals surface area contributed by atoms with Gasteiger partial charge in [-0.2, -0.15) is 0 Å². The molecule has 1 N–H and O–H groups in total. The number of benzene rings is 1. The van der Waals surface area contributed by atoms with Gasteiger partial charge in [0, 0.05) is 31.8 Å². The Morgan fingerprint density at radius 3 is 2.02 bits per heavy atom. The van der Waals surface area contributed by atoms with Gasteiger partial charge < -0.3 is 14.2 Å². The minimum atomic E-state index is -3.96. The smallest absolute Gasteiger partial charge is 0.269 e. The fraction of sp³-hybridized carbons (Fsp3) is 0.806. The summed E-state index contributed by atoms with van der Waals surface area (Å²) in [6.45, 7) is 9.05. The van der Waals surface area contributed by atoms with Crippen molar-refractivity contribution in [1.29, 1.82) is 0 Å². The van der Waals surface area contributed by atoms with E-state index < -0.39 is 32.9 Å². The van der Waals surface area contributed by atoms with Crippen LogP contribution in [0.2, 0.25) is 0 Å². The van der Waals surface area contributed by atoms with Crippen molar-refractivity contribution in [2.75, 3.05) is 32.8 Å². The van der Waals surface area contributed by atoms with Crippen molar-refractivity contribution in [3.05, 3.63) is 34.4 Å². The number of unbranched alkanes of at least 4 members (excludes halogenated alkanes) is 11. The van der Waals surface area contributed by atoms with Gasteiger partial charge in [0.1, 0.15) is 6.10 Å². The third kappa shape index (κ3) is 11.8. The summed E-state index contributed by atoms with van der Waals surface area (Å²) in [5.74, 6) is -0.825. The third-order valence-electron chi connectivity index (χ3n) is 8.18. The number of non-ortho nitro benzene ring substituents is 1. The minimum absolute atomic E-state index is 0.0178. The molecule has 3 rings (SSSR count). The second kappa shape index (κ2) is 17.6. The summed E-state index contributed by atoms with van der Waals surface area (Å²) in [5.41, 5.74) is -0.157. The van der Waals surface area contributed by atoms with Crippen molar-refractivity contribution in [2.45, 2.75) is 133 Å². The Kier molecular flexibility index (Phi) is 14.6. The van der Waals surface area contributed by atoms with E-state index in [2.05, 4.69) is 16.5 Å². The number of nitrogens with zero attached hydrogens (tertiary/aromatic N) is 2. The Hall–Kier alpha value is -1.63. The second-order valence-electron chi connectivity index (χ2n) is 12.2. The van der Waals surface area contributed by atoms with Crippen LogP contribution < -0.4 is 4.72 Å². The molecule has 11 heteroatoms. The average molecular weight is 612 g/mol. The summed E-state index contributed by atoms with van der Waals surface area (Å²) in [6, 6.07) is 4.39. The van der Waals surface area contributed by atoms with Crippen molar-refractivity contribution in [2.24, 2.45) is 0 Å². The van der Waals surface area contributed by atoms with Crippen molar-refractivity contribution >= 4 is 15.7 Å². The Balaban J connectivity index is 1.57. The van der Waals surface area contributed by atoms with Gasteiger partial charge in [0.25, 0.3) is 5.69 Å². The summed E-state index contributed by atoms with van der Waals surface area (Å²) in [5, 5.41) is 11.1. The highest BCUT2D eigenvalue weighted by Gasteiger charge is 2.46. The molecule has 0 unspecified atom stereocenters. The van der Waals surface area contributed by atoms with Crippen LogP contribution in [0.5, 0.6) is 0 Å². The molecule has 10 nitrogen and oxygen atoms in total. The number of sulfonamides is 1. The van der Waals surface area contributed by atoms with Gasteiger partial charge in [0.05, 0.1) is 35.2 Å². The number of hydrogen-bond donors (Lipinski definition) is 1. The molecule has 0 spiro atoms. The molecule has 2 saturated heterocycles. The van der Waals surface area contributed by atoms with Crippen LogP contribution in [0.3, 0.4) is 0 Å². The maximum Gasteiger partial charge on any atom is 0.269 e. The lowest BCUT2D eigenvalue weighted by molar-refractivity contribution is -0.384. The molecule has 0 amide bonds. The molecular formula is C31H53N3O7S. The van der Waals surface area contributed by atoms with Gasteiger partial charge in [0.15, 0.2) is 5.79 Å². The van der Waals surface area contributed by atoms with Crippen LogP contribution in [0.25, 0.3) is 0 Å². The summed E-state index contributed by atoms with van der Waals surface area (Å²) < 4.78 is 47.9.